The third-order valence-corrected chi connectivity index (χ3v) is 13.6. The van der Waals surface area contributed by atoms with E-state index < -0.39 is 80.7 Å². The Kier molecular flexibility index (Phi) is 40.9. The van der Waals surface area contributed by atoms with Crippen molar-refractivity contribution in [3.63, 3.8) is 0 Å². The van der Waals surface area contributed by atoms with E-state index in [4.69, 9.17) is 28.4 Å². The Hall–Kier alpha value is -1.79. The lowest BCUT2D eigenvalue weighted by atomic mass is 9.98. The average molecular weight is 1010 g/mol. The van der Waals surface area contributed by atoms with Crippen LogP contribution in [0.25, 0.3) is 0 Å². The molecule has 0 bridgehead atoms. The molecule has 2 aliphatic rings. The monoisotopic (exact) mass is 1010 g/mol. The SMILES string of the molecule is CCCC/C=C\CCCCCCCC(=O)OC(COCCCCCCCCCCCCCCCC/C=C\C/C=C\CCCCCCC)COC1OC(COC2OC(CO)C(O)C(O)C2O)C(O)C(O)C1O. The quantitative estimate of drug-likeness (QED) is 0.0172. The molecule has 14 heteroatoms. The van der Waals surface area contributed by atoms with Gasteiger partial charge in [0.1, 0.15) is 54.9 Å². The Morgan fingerprint density at radius 3 is 1.41 bits per heavy atom. The highest BCUT2D eigenvalue weighted by Gasteiger charge is 2.47. The molecule has 11 atom stereocenters. The van der Waals surface area contributed by atoms with Gasteiger partial charge in [-0.05, 0) is 64.2 Å². The van der Waals surface area contributed by atoms with Crippen molar-refractivity contribution >= 4 is 5.97 Å². The van der Waals surface area contributed by atoms with Gasteiger partial charge in [-0.1, -0.05) is 185 Å². The first-order valence-electron chi connectivity index (χ1n) is 28.6. The van der Waals surface area contributed by atoms with E-state index in [9.17, 15) is 40.5 Å². The topological polar surface area (TPSA) is 214 Å². The van der Waals surface area contributed by atoms with Gasteiger partial charge >= 0.3 is 5.97 Å². The van der Waals surface area contributed by atoms with Crippen molar-refractivity contribution in [3.8, 4) is 0 Å². The number of aliphatic hydroxyl groups excluding tert-OH is 7. The summed E-state index contributed by atoms with van der Waals surface area (Å²) in [6.07, 6.45) is 35.1. The molecule has 0 aliphatic carbocycles. The zero-order valence-electron chi connectivity index (χ0n) is 44.5. The van der Waals surface area contributed by atoms with Gasteiger partial charge in [-0.3, -0.25) is 4.79 Å². The largest absolute Gasteiger partial charge is 0.457 e. The smallest absolute Gasteiger partial charge is 0.306 e. The van der Waals surface area contributed by atoms with Crippen LogP contribution in [0, 0.1) is 0 Å². The molecule has 0 aromatic heterocycles. The third kappa shape index (κ3) is 31.6. The molecule has 2 rings (SSSR count). The van der Waals surface area contributed by atoms with Gasteiger partial charge < -0.3 is 64.2 Å². The minimum atomic E-state index is -1.71. The molecule has 2 aliphatic heterocycles. The number of ether oxygens (including phenoxy) is 6. The van der Waals surface area contributed by atoms with Crippen molar-refractivity contribution in [2.75, 3.05) is 33.0 Å². The summed E-state index contributed by atoms with van der Waals surface area (Å²) in [6.45, 7) is 3.64. The predicted octanol–water partition coefficient (Wildman–Crippen LogP) is 9.75. The van der Waals surface area contributed by atoms with Gasteiger partial charge in [0.15, 0.2) is 12.6 Å². The maximum Gasteiger partial charge on any atom is 0.306 e. The molecule has 7 N–H and O–H groups in total. The molecule has 14 nitrogen and oxygen atoms in total. The number of rotatable bonds is 46. The predicted molar refractivity (Wildman–Crippen MR) is 280 cm³/mol. The molecule has 0 radical (unpaired) electrons. The summed E-state index contributed by atoms with van der Waals surface area (Å²) in [5, 5.41) is 72.2. The number of esters is 1. The van der Waals surface area contributed by atoms with Crippen molar-refractivity contribution in [1.29, 1.82) is 0 Å². The summed E-state index contributed by atoms with van der Waals surface area (Å²) in [4.78, 5) is 13.0. The molecule has 0 amide bonds. The second-order valence-corrected chi connectivity index (χ2v) is 20.1. The van der Waals surface area contributed by atoms with Crippen LogP contribution in [0.15, 0.2) is 36.5 Å². The highest BCUT2D eigenvalue weighted by Crippen LogP contribution is 2.27. The molecule has 0 aromatic carbocycles. The van der Waals surface area contributed by atoms with Crippen LogP contribution in [0.1, 0.15) is 219 Å². The fraction of sp³-hybridized carbons (Fsp3) is 0.877. The molecule has 71 heavy (non-hydrogen) atoms. The van der Waals surface area contributed by atoms with Crippen LogP contribution < -0.4 is 0 Å². The van der Waals surface area contributed by atoms with Gasteiger partial charge in [-0.25, -0.2) is 0 Å². The molecule has 416 valence electrons. The van der Waals surface area contributed by atoms with Crippen LogP contribution in [0.5, 0.6) is 0 Å². The van der Waals surface area contributed by atoms with Crippen molar-refractivity contribution < 1.29 is 69.0 Å². The Morgan fingerprint density at radius 1 is 0.465 bits per heavy atom. The molecular formula is C57H104O14. The number of aliphatic hydroxyl groups is 7. The summed E-state index contributed by atoms with van der Waals surface area (Å²) in [6, 6.07) is 0. The van der Waals surface area contributed by atoms with Gasteiger partial charge in [0, 0.05) is 13.0 Å². The van der Waals surface area contributed by atoms with Crippen molar-refractivity contribution in [1.82, 2.24) is 0 Å². The average Bonchev–Trinajstić information content (AvgIpc) is 3.37. The van der Waals surface area contributed by atoms with Crippen LogP contribution in [0.2, 0.25) is 0 Å². The Labute approximate surface area is 429 Å². The number of hydrogen-bond donors (Lipinski definition) is 7. The maximum absolute atomic E-state index is 13.0. The Bertz CT molecular complexity index is 1310. The fourth-order valence-electron chi connectivity index (χ4n) is 8.94. The maximum atomic E-state index is 13.0. The van der Waals surface area contributed by atoms with E-state index >= 15 is 0 Å². The zero-order chi connectivity index (χ0) is 51.6. The standard InChI is InChI=1S/C57H104O14/c1-3-5-7-9-11-13-15-16-17-18-19-20-21-22-23-24-25-26-27-28-29-31-33-35-37-39-41-66-43-46(69-49(59)40-38-36-34-32-30-14-12-10-8-6-4-2)44-67-56-55(65)53(63)51(61)48(71-56)45-68-57-54(64)52(62)50(60)47(42-58)70-57/h10,12,15-16,18-19,46-48,50-58,60-65H,3-9,11,13-14,17,20-45H2,1-2H3/b12-10-,16-15-,19-18-. The Balaban J connectivity index is 1.66. The molecule has 2 fully saturated rings. The van der Waals surface area contributed by atoms with E-state index in [0.29, 0.717) is 13.0 Å². The van der Waals surface area contributed by atoms with Gasteiger partial charge in [0.2, 0.25) is 0 Å². The summed E-state index contributed by atoms with van der Waals surface area (Å²) in [7, 11) is 0. The van der Waals surface area contributed by atoms with Crippen LogP contribution in [0.3, 0.4) is 0 Å². The van der Waals surface area contributed by atoms with E-state index in [2.05, 4.69) is 50.3 Å². The van der Waals surface area contributed by atoms with Crippen LogP contribution >= 0.6 is 0 Å². The van der Waals surface area contributed by atoms with E-state index in [1.54, 1.807) is 0 Å². The second-order valence-electron chi connectivity index (χ2n) is 20.1. The van der Waals surface area contributed by atoms with Gasteiger partial charge in [-0.15, -0.1) is 0 Å². The summed E-state index contributed by atoms with van der Waals surface area (Å²) in [5.74, 6) is -0.385. The first kappa shape index (κ1) is 65.3. The number of carbonyl (C=O) groups excluding carboxylic acids is 1. The van der Waals surface area contributed by atoms with Crippen LogP contribution in [-0.2, 0) is 33.2 Å². The molecule has 0 aromatic rings. The normalized spacial score (nSPS) is 25.5. The van der Waals surface area contributed by atoms with E-state index in [1.807, 2.05) is 0 Å². The fourth-order valence-corrected chi connectivity index (χ4v) is 8.94. The number of unbranched alkanes of at least 4 members (excludes halogenated alkanes) is 26. The second kappa shape index (κ2) is 44.5. The molecule has 2 heterocycles. The first-order chi connectivity index (χ1) is 34.6. The molecular weight excluding hydrogens is 909 g/mol. The lowest BCUT2D eigenvalue weighted by Gasteiger charge is -2.42. The van der Waals surface area contributed by atoms with Crippen LogP contribution in [0.4, 0.5) is 0 Å². The summed E-state index contributed by atoms with van der Waals surface area (Å²) in [5.41, 5.74) is 0. The van der Waals surface area contributed by atoms with Crippen molar-refractivity contribution in [2.45, 2.75) is 287 Å². The van der Waals surface area contributed by atoms with E-state index in [0.717, 1.165) is 64.2 Å². The minimum absolute atomic E-state index is 0.0595. The summed E-state index contributed by atoms with van der Waals surface area (Å²) < 4.78 is 34.3. The van der Waals surface area contributed by atoms with Gasteiger partial charge in [-0.2, -0.15) is 0 Å². The lowest BCUT2D eigenvalue weighted by Crippen LogP contribution is -2.61. The molecule has 2 saturated heterocycles. The molecule has 11 unspecified atom stereocenters. The number of carbonyl (C=O) groups is 1. The highest BCUT2D eigenvalue weighted by atomic mass is 16.7. The van der Waals surface area contributed by atoms with Crippen molar-refractivity contribution in [2.24, 2.45) is 0 Å². The van der Waals surface area contributed by atoms with Crippen LogP contribution in [-0.4, -0.2) is 142 Å². The van der Waals surface area contributed by atoms with Gasteiger partial charge in [0.05, 0.1) is 26.4 Å². The Morgan fingerprint density at radius 2 is 0.887 bits per heavy atom. The number of hydrogen-bond acceptors (Lipinski definition) is 14. The first-order valence-corrected chi connectivity index (χ1v) is 28.6. The minimum Gasteiger partial charge on any atom is -0.457 e. The molecule has 0 spiro atoms. The number of allylic oxidation sites excluding steroid dienone is 6. The summed E-state index contributed by atoms with van der Waals surface area (Å²) >= 11 is 0. The van der Waals surface area contributed by atoms with Crippen molar-refractivity contribution in [3.05, 3.63) is 36.5 Å². The lowest BCUT2D eigenvalue weighted by molar-refractivity contribution is -0.332. The highest BCUT2D eigenvalue weighted by molar-refractivity contribution is 5.69. The zero-order valence-corrected chi connectivity index (χ0v) is 44.5. The third-order valence-electron chi connectivity index (χ3n) is 13.6. The van der Waals surface area contributed by atoms with E-state index in [1.165, 1.54) is 128 Å². The molecule has 0 saturated carbocycles. The van der Waals surface area contributed by atoms with E-state index in [-0.39, 0.29) is 25.6 Å². The van der Waals surface area contributed by atoms with Gasteiger partial charge in [0.25, 0.3) is 0 Å².